The van der Waals surface area contributed by atoms with Crippen molar-refractivity contribution in [1.29, 1.82) is 0 Å². The molecule has 0 saturated carbocycles. The maximum absolute atomic E-state index is 15.7. The first-order valence-electron chi connectivity index (χ1n) is 15.4. The highest BCUT2D eigenvalue weighted by molar-refractivity contribution is 9.10. The van der Waals surface area contributed by atoms with Gasteiger partial charge < -0.3 is 19.2 Å². The van der Waals surface area contributed by atoms with Crippen LogP contribution >= 0.6 is 27.5 Å². The van der Waals surface area contributed by atoms with Crippen LogP contribution in [0.1, 0.15) is 52.9 Å². The molecule has 0 radical (unpaired) electrons. The summed E-state index contributed by atoms with van der Waals surface area (Å²) in [7, 11) is -2.21. The van der Waals surface area contributed by atoms with Crippen LogP contribution < -0.4 is 9.64 Å². The summed E-state index contributed by atoms with van der Waals surface area (Å²) in [5.74, 6) is -0.251. The largest absolute Gasteiger partial charge is 0.465 e. The number of hydrogen-bond acceptors (Lipinski definition) is 7. The van der Waals surface area contributed by atoms with Gasteiger partial charge in [0.05, 0.1) is 40.7 Å². The van der Waals surface area contributed by atoms with Gasteiger partial charge in [-0.3, -0.25) is 9.80 Å². The van der Waals surface area contributed by atoms with Crippen molar-refractivity contribution in [2.75, 3.05) is 37.7 Å². The maximum atomic E-state index is 15.7. The Morgan fingerprint density at radius 1 is 1.27 bits per heavy atom. The van der Waals surface area contributed by atoms with Gasteiger partial charge in [0, 0.05) is 24.0 Å². The topological polar surface area (TPSA) is 91.3 Å². The van der Waals surface area contributed by atoms with E-state index in [1.165, 1.54) is 6.07 Å². The van der Waals surface area contributed by atoms with Gasteiger partial charge in [-0.05, 0) is 72.4 Å². The first-order chi connectivity index (χ1) is 20.6. The minimum Gasteiger partial charge on any atom is -0.465 e. The monoisotopic (exact) mass is 715 g/mol. The number of ether oxygens (including phenoxy) is 1. The summed E-state index contributed by atoms with van der Waals surface area (Å²) < 4.78 is 43.6. The number of amides is 1. The zero-order chi connectivity index (χ0) is 31.8. The fraction of sp³-hybridized carbons (Fsp3) is 0.700. The summed E-state index contributed by atoms with van der Waals surface area (Å²) in [4.78, 5) is 27.6. The van der Waals surface area contributed by atoms with Crippen molar-refractivity contribution in [3.05, 3.63) is 21.4 Å². The van der Waals surface area contributed by atoms with Gasteiger partial charge in [0.2, 0.25) is 0 Å². The second-order valence-corrected chi connectivity index (χ2v) is 20.4. The minimum absolute atomic E-state index is 0.0111. The van der Waals surface area contributed by atoms with Crippen LogP contribution in [0.2, 0.25) is 23.2 Å². The lowest BCUT2D eigenvalue weighted by molar-refractivity contribution is 0.0881. The number of anilines is 1. The van der Waals surface area contributed by atoms with E-state index in [1.807, 2.05) is 0 Å². The summed E-state index contributed by atoms with van der Waals surface area (Å²) >= 11 is 9.86. The molecule has 242 valence electrons. The molecule has 4 aliphatic heterocycles. The van der Waals surface area contributed by atoms with E-state index in [1.54, 1.807) is 4.90 Å². The first-order valence-corrected chi connectivity index (χ1v) is 19.5. The highest BCUT2D eigenvalue weighted by Gasteiger charge is 2.52. The lowest BCUT2D eigenvalue weighted by atomic mass is 9.95. The average Bonchev–Trinajstić information content (AvgIpc) is 3.57. The van der Waals surface area contributed by atoms with E-state index in [2.05, 4.69) is 64.6 Å². The minimum atomic E-state index is -2.21. The highest BCUT2D eigenvalue weighted by Crippen LogP contribution is 2.45. The number of piperazine rings is 1. The van der Waals surface area contributed by atoms with Gasteiger partial charge in [0.15, 0.2) is 14.1 Å². The number of alkyl halides is 1. The normalized spacial score (nSPS) is 29.1. The molecule has 4 fully saturated rings. The van der Waals surface area contributed by atoms with Crippen LogP contribution in [0.15, 0.2) is 10.5 Å². The molecule has 5 heterocycles. The first kappa shape index (κ1) is 32.2. The number of hydrogen-bond donors (Lipinski definition) is 1. The van der Waals surface area contributed by atoms with Crippen molar-refractivity contribution in [2.45, 2.75) is 101 Å². The van der Waals surface area contributed by atoms with Crippen LogP contribution in [-0.4, -0.2) is 102 Å². The third-order valence-corrected chi connectivity index (χ3v) is 16.1. The number of halogens is 4. The number of benzene rings is 1. The molecule has 2 bridgehead atoms. The maximum Gasteiger partial charge on any atom is 0.407 e. The molecule has 1 N–H and O–H groups in total. The zero-order valence-electron chi connectivity index (χ0n) is 25.9. The Balaban J connectivity index is 1.42. The van der Waals surface area contributed by atoms with Crippen molar-refractivity contribution in [3.63, 3.8) is 0 Å². The molecule has 4 saturated heterocycles. The molecular weight excluding hydrogens is 676 g/mol. The van der Waals surface area contributed by atoms with Crippen molar-refractivity contribution in [1.82, 2.24) is 19.8 Å². The second kappa shape index (κ2) is 11.5. The van der Waals surface area contributed by atoms with Gasteiger partial charge in [-0.2, -0.15) is 9.97 Å². The van der Waals surface area contributed by atoms with E-state index in [4.69, 9.17) is 25.7 Å². The molecule has 6 rings (SSSR count). The molecule has 1 amide bonds. The Morgan fingerprint density at radius 3 is 2.73 bits per heavy atom. The smallest absolute Gasteiger partial charge is 0.407 e. The van der Waals surface area contributed by atoms with E-state index in [-0.39, 0.29) is 46.3 Å². The number of carbonyl (C=O) groups is 1. The molecule has 14 heteroatoms. The molecule has 4 aliphatic rings. The average molecular weight is 717 g/mol. The van der Waals surface area contributed by atoms with Gasteiger partial charge in [-0.15, -0.1) is 0 Å². The molecule has 0 aliphatic carbocycles. The van der Waals surface area contributed by atoms with Gasteiger partial charge in [0.1, 0.15) is 24.1 Å². The van der Waals surface area contributed by atoms with Crippen molar-refractivity contribution in [3.8, 4) is 6.01 Å². The Kier molecular flexibility index (Phi) is 8.38. The third kappa shape index (κ3) is 5.48. The van der Waals surface area contributed by atoms with Crippen LogP contribution in [0, 0.1) is 5.82 Å². The molecule has 0 unspecified atom stereocenters. The fourth-order valence-corrected chi connectivity index (χ4v) is 9.32. The van der Waals surface area contributed by atoms with Crippen LogP contribution in [0.4, 0.5) is 19.4 Å². The molecule has 2 aromatic rings. The Morgan fingerprint density at radius 2 is 2.02 bits per heavy atom. The lowest BCUT2D eigenvalue weighted by Gasteiger charge is -2.48. The number of rotatable bonds is 7. The predicted molar refractivity (Wildman–Crippen MR) is 172 cm³/mol. The standard InChI is InChI=1S/C30H41BrClF2N5O4Si/c1-29(2,3)44(4,5)43-15-22-21-8-7-18(39(21)28(40)41)14-38(22)26-23-19(31)11-20(32)24(34)25(23)35-27(36-26)42-16-30-9-6-10-37(30)13-17(33)12-30/h11,17-18,21-22H,6-10,12-16H2,1-5H3,(H,40,41)/t17-,18-,21+,22-,30+/m1/s1. The van der Waals surface area contributed by atoms with Crippen LogP contribution in [-0.2, 0) is 4.43 Å². The number of carboxylic acid groups (broad SMARTS) is 1. The third-order valence-electron chi connectivity index (χ3n) is 10.7. The van der Waals surface area contributed by atoms with Crippen LogP contribution in [0.25, 0.3) is 10.9 Å². The van der Waals surface area contributed by atoms with E-state index in [0.717, 1.165) is 19.4 Å². The van der Waals surface area contributed by atoms with Crippen LogP contribution in [0.3, 0.4) is 0 Å². The van der Waals surface area contributed by atoms with Gasteiger partial charge in [-0.25, -0.2) is 13.6 Å². The predicted octanol–water partition coefficient (Wildman–Crippen LogP) is 6.86. The summed E-state index contributed by atoms with van der Waals surface area (Å²) in [5.41, 5.74) is -0.422. The van der Waals surface area contributed by atoms with Crippen molar-refractivity contribution in [2.24, 2.45) is 0 Å². The molecule has 0 spiro atoms. The Bertz CT molecular complexity index is 1470. The highest BCUT2D eigenvalue weighted by atomic mass is 79.9. The molecule has 9 nitrogen and oxygen atoms in total. The van der Waals surface area contributed by atoms with Gasteiger partial charge >= 0.3 is 12.1 Å². The number of fused-ring (bicyclic) bond motifs is 4. The SMILES string of the molecule is CC(C)(C)[Si](C)(C)OC[C@@H]1[C@@H]2CC[C@H](CN1c1nc(OC[C@@]34CCCN3C[C@H](F)C4)nc3c(F)c(Cl)cc(Br)c13)N2C(=O)O. The quantitative estimate of drug-likeness (QED) is 0.246. The van der Waals surface area contributed by atoms with E-state index >= 15 is 4.39 Å². The fourth-order valence-electron chi connectivity index (χ4n) is 7.38. The molecule has 1 aromatic carbocycles. The number of aromatic nitrogens is 2. The summed E-state index contributed by atoms with van der Waals surface area (Å²) in [6.07, 6.45) is 1.69. The van der Waals surface area contributed by atoms with Crippen molar-refractivity contribution >= 4 is 58.7 Å². The van der Waals surface area contributed by atoms with Crippen LogP contribution in [0.5, 0.6) is 6.01 Å². The lowest BCUT2D eigenvalue weighted by Crippen LogP contribution is -2.63. The van der Waals surface area contributed by atoms with E-state index < -0.39 is 31.9 Å². The van der Waals surface area contributed by atoms with E-state index in [0.29, 0.717) is 54.6 Å². The zero-order valence-corrected chi connectivity index (χ0v) is 29.2. The molecular formula is C30H41BrClF2N5O4Si. The molecule has 44 heavy (non-hydrogen) atoms. The van der Waals surface area contributed by atoms with E-state index in [9.17, 15) is 14.3 Å². The number of nitrogens with zero attached hydrogens (tertiary/aromatic N) is 5. The second-order valence-electron chi connectivity index (χ2n) is 14.4. The van der Waals surface area contributed by atoms with Gasteiger partial charge in [0.25, 0.3) is 0 Å². The van der Waals surface area contributed by atoms with Crippen molar-refractivity contribution < 1.29 is 27.8 Å². The summed E-state index contributed by atoms with van der Waals surface area (Å²) in [6.45, 7) is 12.9. The summed E-state index contributed by atoms with van der Waals surface area (Å²) in [6, 6.07) is 0.526. The Labute approximate surface area is 271 Å². The Hall–Kier alpha value is -1.80. The molecule has 5 atom stereocenters. The molecule has 1 aromatic heterocycles. The summed E-state index contributed by atoms with van der Waals surface area (Å²) in [5, 5.41) is 10.5. The van der Waals surface area contributed by atoms with Gasteiger partial charge in [-0.1, -0.05) is 32.4 Å².